The molecule has 0 aliphatic rings. The second-order valence-electron chi connectivity index (χ2n) is 6.95. The number of ether oxygens (including phenoxy) is 1. The largest absolute Gasteiger partial charge is 0.455 e. The fraction of sp³-hybridized carbons (Fsp3) is 0.136. The zero-order valence-electron chi connectivity index (χ0n) is 16.9. The standard InChI is InChI=1S/C22H16F3N5O3/c23-22(24,25)16-6-7-18(30-13-26-12-28-30)17(10-16)29-19(31)11-33-20(32)9-15-4-1-3-14-5-2-8-27-21(14)15/h1-8,10,12-13H,9,11H2,(H,29,31). The SMILES string of the molecule is O=C(COC(=O)Cc1cccc2cccnc12)Nc1cc(C(F)(F)F)ccc1-n1cncn1. The molecular weight excluding hydrogens is 439 g/mol. The van der Waals surface area contributed by atoms with Gasteiger partial charge in [-0.3, -0.25) is 14.6 Å². The monoisotopic (exact) mass is 455 g/mol. The third kappa shape index (κ3) is 5.14. The lowest BCUT2D eigenvalue weighted by atomic mass is 10.1. The van der Waals surface area contributed by atoms with Crippen molar-refractivity contribution in [3.8, 4) is 5.69 Å². The molecule has 11 heteroatoms. The summed E-state index contributed by atoms with van der Waals surface area (Å²) in [6.45, 7) is -0.677. The van der Waals surface area contributed by atoms with E-state index in [4.69, 9.17) is 4.74 Å². The quantitative estimate of drug-likeness (QED) is 0.447. The summed E-state index contributed by atoms with van der Waals surface area (Å²) < 4.78 is 45.6. The third-order valence-electron chi connectivity index (χ3n) is 4.68. The second-order valence-corrected chi connectivity index (χ2v) is 6.95. The highest BCUT2D eigenvalue weighted by Crippen LogP contribution is 2.33. The molecule has 0 spiro atoms. The molecule has 2 aromatic carbocycles. The molecule has 0 saturated heterocycles. The molecule has 0 aliphatic carbocycles. The van der Waals surface area contributed by atoms with E-state index in [2.05, 4.69) is 20.4 Å². The lowest BCUT2D eigenvalue weighted by Gasteiger charge is -2.14. The molecular formula is C22H16F3N5O3. The molecule has 0 unspecified atom stereocenters. The first-order chi connectivity index (χ1) is 15.8. The number of halogens is 3. The number of aromatic nitrogens is 4. The van der Waals surface area contributed by atoms with Gasteiger partial charge in [0.1, 0.15) is 12.7 Å². The van der Waals surface area contributed by atoms with Crippen LogP contribution in [-0.2, 0) is 26.9 Å². The van der Waals surface area contributed by atoms with E-state index < -0.39 is 30.2 Å². The first-order valence-corrected chi connectivity index (χ1v) is 9.65. The average Bonchev–Trinajstić information content (AvgIpc) is 3.32. The Labute approximate surface area is 185 Å². The van der Waals surface area contributed by atoms with E-state index in [-0.39, 0.29) is 17.8 Å². The number of rotatable bonds is 6. The summed E-state index contributed by atoms with van der Waals surface area (Å²) in [5.41, 5.74) is 0.325. The van der Waals surface area contributed by atoms with Gasteiger partial charge in [-0.1, -0.05) is 24.3 Å². The molecule has 8 nitrogen and oxygen atoms in total. The van der Waals surface area contributed by atoms with Crippen LogP contribution in [0.4, 0.5) is 18.9 Å². The van der Waals surface area contributed by atoms with Crippen molar-refractivity contribution in [2.75, 3.05) is 11.9 Å². The van der Waals surface area contributed by atoms with Crippen LogP contribution in [-0.4, -0.2) is 38.2 Å². The smallest absolute Gasteiger partial charge is 0.416 e. The Kier molecular flexibility index (Phi) is 6.03. The Balaban J connectivity index is 1.44. The molecule has 0 fully saturated rings. The van der Waals surface area contributed by atoms with Gasteiger partial charge >= 0.3 is 12.1 Å². The first kappa shape index (κ1) is 21.9. The van der Waals surface area contributed by atoms with Crippen LogP contribution >= 0.6 is 0 Å². The molecule has 1 amide bonds. The Morgan fingerprint density at radius 1 is 1.09 bits per heavy atom. The number of pyridine rings is 1. The minimum absolute atomic E-state index is 0.116. The van der Waals surface area contributed by atoms with Crippen LogP contribution in [0.15, 0.2) is 67.4 Å². The molecule has 33 heavy (non-hydrogen) atoms. The van der Waals surface area contributed by atoms with Crippen molar-refractivity contribution in [3.63, 3.8) is 0 Å². The van der Waals surface area contributed by atoms with E-state index in [1.165, 1.54) is 17.3 Å². The normalized spacial score (nSPS) is 11.4. The molecule has 0 bridgehead atoms. The van der Waals surface area contributed by atoms with Crippen molar-refractivity contribution in [1.82, 2.24) is 19.7 Å². The molecule has 0 radical (unpaired) electrons. The van der Waals surface area contributed by atoms with Gasteiger partial charge in [-0.2, -0.15) is 18.3 Å². The van der Waals surface area contributed by atoms with Crippen LogP contribution in [0, 0.1) is 0 Å². The van der Waals surface area contributed by atoms with Crippen molar-refractivity contribution in [1.29, 1.82) is 0 Å². The summed E-state index contributed by atoms with van der Waals surface area (Å²) >= 11 is 0. The maximum Gasteiger partial charge on any atom is 0.416 e. The summed E-state index contributed by atoms with van der Waals surface area (Å²) in [7, 11) is 0. The number of hydrogen-bond donors (Lipinski definition) is 1. The van der Waals surface area contributed by atoms with E-state index >= 15 is 0 Å². The van der Waals surface area contributed by atoms with Gasteiger partial charge in [0.05, 0.1) is 28.9 Å². The molecule has 4 rings (SSSR count). The first-order valence-electron chi connectivity index (χ1n) is 9.65. The molecule has 0 saturated carbocycles. The van der Waals surface area contributed by atoms with Gasteiger partial charge in [-0.05, 0) is 29.8 Å². The molecule has 0 aliphatic heterocycles. The Bertz CT molecular complexity index is 1300. The Hall–Kier alpha value is -4.28. The Morgan fingerprint density at radius 3 is 2.67 bits per heavy atom. The summed E-state index contributed by atoms with van der Waals surface area (Å²) in [6, 6.07) is 11.8. The van der Waals surface area contributed by atoms with Gasteiger partial charge < -0.3 is 10.1 Å². The Morgan fingerprint density at radius 2 is 1.91 bits per heavy atom. The number of para-hydroxylation sites is 1. The number of esters is 1. The summed E-state index contributed by atoms with van der Waals surface area (Å²) in [4.78, 5) is 32.6. The van der Waals surface area contributed by atoms with Crippen LogP contribution < -0.4 is 5.32 Å². The van der Waals surface area contributed by atoms with Gasteiger partial charge in [-0.25, -0.2) is 9.67 Å². The van der Waals surface area contributed by atoms with Crippen LogP contribution in [0.1, 0.15) is 11.1 Å². The molecule has 4 aromatic rings. The number of amides is 1. The van der Waals surface area contributed by atoms with E-state index in [1.54, 1.807) is 24.4 Å². The van der Waals surface area contributed by atoms with E-state index in [9.17, 15) is 22.8 Å². The number of carbonyl (C=O) groups excluding carboxylic acids is 2. The number of fused-ring (bicyclic) bond motifs is 1. The van der Waals surface area contributed by atoms with E-state index in [0.29, 0.717) is 11.1 Å². The number of benzene rings is 2. The number of carbonyl (C=O) groups is 2. The van der Waals surface area contributed by atoms with Crippen LogP contribution in [0.25, 0.3) is 16.6 Å². The van der Waals surface area contributed by atoms with Crippen LogP contribution in [0.2, 0.25) is 0 Å². The highest BCUT2D eigenvalue weighted by molar-refractivity contribution is 5.95. The van der Waals surface area contributed by atoms with Crippen molar-refractivity contribution in [3.05, 3.63) is 78.5 Å². The summed E-state index contributed by atoms with van der Waals surface area (Å²) in [5.74, 6) is -1.48. The predicted molar refractivity (Wildman–Crippen MR) is 111 cm³/mol. The molecule has 2 heterocycles. The maximum absolute atomic E-state index is 13.1. The van der Waals surface area contributed by atoms with Gasteiger partial charge in [0.2, 0.25) is 0 Å². The molecule has 2 aromatic heterocycles. The summed E-state index contributed by atoms with van der Waals surface area (Å²) in [5, 5.41) is 7.07. The number of nitrogens with zero attached hydrogens (tertiary/aromatic N) is 4. The number of alkyl halides is 3. The van der Waals surface area contributed by atoms with Crippen molar-refractivity contribution in [2.45, 2.75) is 12.6 Å². The molecule has 0 atom stereocenters. The third-order valence-corrected chi connectivity index (χ3v) is 4.68. The number of hydrogen-bond acceptors (Lipinski definition) is 6. The van der Waals surface area contributed by atoms with Crippen LogP contribution in [0.3, 0.4) is 0 Å². The topological polar surface area (TPSA) is 99.0 Å². The van der Waals surface area contributed by atoms with Crippen molar-refractivity contribution >= 4 is 28.5 Å². The maximum atomic E-state index is 13.1. The fourth-order valence-corrected chi connectivity index (χ4v) is 3.19. The minimum Gasteiger partial charge on any atom is -0.455 e. The zero-order valence-corrected chi connectivity index (χ0v) is 16.9. The highest BCUT2D eigenvalue weighted by atomic mass is 19.4. The van der Waals surface area contributed by atoms with Gasteiger partial charge in [-0.15, -0.1) is 0 Å². The van der Waals surface area contributed by atoms with Gasteiger partial charge in [0.15, 0.2) is 6.61 Å². The van der Waals surface area contributed by atoms with E-state index in [1.807, 2.05) is 12.1 Å². The predicted octanol–water partition coefficient (Wildman–Crippen LogP) is 3.56. The molecule has 1 N–H and O–H groups in total. The number of anilines is 1. The fourth-order valence-electron chi connectivity index (χ4n) is 3.19. The average molecular weight is 455 g/mol. The second kappa shape index (κ2) is 9.07. The van der Waals surface area contributed by atoms with Gasteiger partial charge in [0.25, 0.3) is 5.91 Å². The zero-order chi connectivity index (χ0) is 23.4. The number of nitrogens with one attached hydrogen (secondary N) is 1. The summed E-state index contributed by atoms with van der Waals surface area (Å²) in [6.07, 6.45) is -0.648. The lowest BCUT2D eigenvalue weighted by Crippen LogP contribution is -2.23. The minimum atomic E-state index is -4.61. The van der Waals surface area contributed by atoms with Gasteiger partial charge in [0, 0.05) is 11.6 Å². The van der Waals surface area contributed by atoms with Crippen molar-refractivity contribution in [2.24, 2.45) is 0 Å². The lowest BCUT2D eigenvalue weighted by molar-refractivity contribution is -0.146. The van der Waals surface area contributed by atoms with Crippen LogP contribution in [0.5, 0.6) is 0 Å². The van der Waals surface area contributed by atoms with Crippen molar-refractivity contribution < 1.29 is 27.5 Å². The van der Waals surface area contributed by atoms with E-state index in [0.717, 1.165) is 23.6 Å². The highest BCUT2D eigenvalue weighted by Gasteiger charge is 2.31. The molecule has 168 valence electrons.